The molecule has 1 aromatic carbocycles. The van der Waals surface area contributed by atoms with Crippen LogP contribution in [0.15, 0.2) is 48.7 Å². The van der Waals surface area contributed by atoms with E-state index in [4.69, 9.17) is 0 Å². The van der Waals surface area contributed by atoms with Gasteiger partial charge in [-0.25, -0.2) is 4.68 Å². The van der Waals surface area contributed by atoms with E-state index in [9.17, 15) is 4.79 Å². The summed E-state index contributed by atoms with van der Waals surface area (Å²) < 4.78 is 1.85. The smallest absolute Gasteiger partial charge is 0.257 e. The second kappa shape index (κ2) is 5.37. The third-order valence-corrected chi connectivity index (χ3v) is 5.14. The number of amides is 1. The Morgan fingerprint density at radius 3 is 2.48 bits per heavy atom. The zero-order valence-electron chi connectivity index (χ0n) is 13.4. The van der Waals surface area contributed by atoms with Crippen molar-refractivity contribution >= 4 is 5.91 Å². The number of hydrogen-bond acceptors (Lipinski definition) is 2. The lowest BCUT2D eigenvalue weighted by atomic mass is 9.97. The Morgan fingerprint density at radius 2 is 1.83 bits per heavy atom. The molecule has 2 unspecified atom stereocenters. The van der Waals surface area contributed by atoms with Crippen LogP contribution in [0, 0.1) is 6.92 Å². The van der Waals surface area contributed by atoms with Gasteiger partial charge in [-0.1, -0.05) is 30.4 Å². The Kier molecular flexibility index (Phi) is 3.33. The molecule has 1 amide bonds. The maximum absolute atomic E-state index is 13.1. The van der Waals surface area contributed by atoms with Crippen LogP contribution in [0.5, 0.6) is 0 Å². The SMILES string of the molecule is C=C1CC2CCC(C1)N2C(=O)c1cnn(-c2ccccc2)c1C. The van der Waals surface area contributed by atoms with E-state index in [1.807, 2.05) is 41.9 Å². The second-order valence-electron chi connectivity index (χ2n) is 6.65. The van der Waals surface area contributed by atoms with Crippen LogP contribution in [0.2, 0.25) is 0 Å². The molecular weight excluding hydrogens is 286 g/mol. The maximum Gasteiger partial charge on any atom is 0.257 e. The average Bonchev–Trinajstić information content (AvgIpc) is 3.06. The lowest BCUT2D eigenvalue weighted by Crippen LogP contribution is -2.44. The molecule has 0 saturated carbocycles. The largest absolute Gasteiger partial charge is 0.332 e. The number of rotatable bonds is 2. The van der Waals surface area contributed by atoms with E-state index in [-0.39, 0.29) is 5.91 Å². The molecule has 3 heterocycles. The average molecular weight is 307 g/mol. The van der Waals surface area contributed by atoms with E-state index >= 15 is 0 Å². The molecule has 118 valence electrons. The Balaban J connectivity index is 1.66. The molecule has 23 heavy (non-hydrogen) atoms. The number of benzene rings is 1. The van der Waals surface area contributed by atoms with Gasteiger partial charge < -0.3 is 4.90 Å². The summed E-state index contributed by atoms with van der Waals surface area (Å²) in [4.78, 5) is 15.2. The van der Waals surface area contributed by atoms with E-state index in [0.717, 1.165) is 42.6 Å². The molecule has 1 aromatic heterocycles. The Bertz CT molecular complexity index is 746. The second-order valence-corrected chi connectivity index (χ2v) is 6.65. The minimum absolute atomic E-state index is 0.129. The number of piperidine rings is 1. The van der Waals surface area contributed by atoms with Crippen LogP contribution in [0.3, 0.4) is 0 Å². The summed E-state index contributed by atoms with van der Waals surface area (Å²) in [7, 11) is 0. The number of fused-ring (bicyclic) bond motifs is 2. The van der Waals surface area contributed by atoms with Crippen molar-refractivity contribution in [2.45, 2.75) is 44.7 Å². The minimum Gasteiger partial charge on any atom is -0.332 e. The van der Waals surface area contributed by atoms with Gasteiger partial charge in [0.05, 0.1) is 23.1 Å². The molecule has 4 nitrogen and oxygen atoms in total. The van der Waals surface area contributed by atoms with Gasteiger partial charge in [0.1, 0.15) is 0 Å². The van der Waals surface area contributed by atoms with Crippen LogP contribution in [0.1, 0.15) is 41.7 Å². The van der Waals surface area contributed by atoms with Crippen molar-refractivity contribution in [3.63, 3.8) is 0 Å². The number of hydrogen-bond donors (Lipinski definition) is 0. The van der Waals surface area contributed by atoms with Crippen molar-refractivity contribution in [1.29, 1.82) is 0 Å². The molecule has 0 aliphatic carbocycles. The minimum atomic E-state index is 0.129. The van der Waals surface area contributed by atoms with Crippen molar-refractivity contribution < 1.29 is 4.79 Å². The summed E-state index contributed by atoms with van der Waals surface area (Å²) >= 11 is 0. The van der Waals surface area contributed by atoms with Crippen molar-refractivity contribution in [2.24, 2.45) is 0 Å². The molecule has 4 heteroatoms. The lowest BCUT2D eigenvalue weighted by Gasteiger charge is -2.35. The molecule has 2 bridgehead atoms. The maximum atomic E-state index is 13.1. The molecule has 2 fully saturated rings. The first-order chi connectivity index (χ1) is 11.1. The highest BCUT2D eigenvalue weighted by Crippen LogP contribution is 2.38. The van der Waals surface area contributed by atoms with Gasteiger partial charge in [0.25, 0.3) is 5.91 Å². The molecular formula is C19H21N3O. The monoisotopic (exact) mass is 307 g/mol. The Labute approximate surface area is 136 Å². The first kappa shape index (κ1) is 14.2. The predicted molar refractivity (Wildman–Crippen MR) is 89.7 cm³/mol. The Morgan fingerprint density at radius 1 is 1.17 bits per heavy atom. The third kappa shape index (κ3) is 2.29. The summed E-state index contributed by atoms with van der Waals surface area (Å²) in [5.74, 6) is 0.129. The van der Waals surface area contributed by atoms with Crippen molar-refractivity contribution in [3.8, 4) is 5.69 Å². The molecule has 2 aliphatic rings. The fourth-order valence-corrected chi connectivity index (χ4v) is 4.03. The molecule has 0 N–H and O–H groups in total. The summed E-state index contributed by atoms with van der Waals surface area (Å²) in [6.45, 7) is 6.10. The van der Waals surface area contributed by atoms with Crippen LogP contribution >= 0.6 is 0 Å². The van der Waals surface area contributed by atoms with Crippen molar-refractivity contribution in [1.82, 2.24) is 14.7 Å². The molecule has 2 atom stereocenters. The van der Waals surface area contributed by atoms with E-state index in [1.165, 1.54) is 5.57 Å². The molecule has 0 radical (unpaired) electrons. The standard InChI is InChI=1S/C19H21N3O/c1-13-10-16-8-9-17(11-13)21(16)19(23)18-12-20-22(14(18)2)15-6-4-3-5-7-15/h3-7,12,16-17H,1,8-11H2,2H3. The topological polar surface area (TPSA) is 38.1 Å². The summed E-state index contributed by atoms with van der Waals surface area (Å²) in [5.41, 5.74) is 3.90. The highest BCUT2D eigenvalue weighted by molar-refractivity contribution is 5.96. The van der Waals surface area contributed by atoms with Crippen LogP contribution in [-0.2, 0) is 0 Å². The summed E-state index contributed by atoms with van der Waals surface area (Å²) in [6.07, 6.45) is 5.82. The van der Waals surface area contributed by atoms with Crippen molar-refractivity contribution in [3.05, 3.63) is 59.9 Å². The van der Waals surface area contributed by atoms with Gasteiger partial charge in [-0.15, -0.1) is 0 Å². The molecule has 2 aromatic rings. The van der Waals surface area contributed by atoms with Gasteiger partial charge in [-0.3, -0.25) is 4.79 Å². The first-order valence-electron chi connectivity index (χ1n) is 8.24. The van der Waals surface area contributed by atoms with Gasteiger partial charge in [0, 0.05) is 12.1 Å². The number of aromatic nitrogens is 2. The van der Waals surface area contributed by atoms with E-state index in [0.29, 0.717) is 12.1 Å². The number of para-hydroxylation sites is 1. The van der Waals surface area contributed by atoms with Gasteiger partial charge in [-0.2, -0.15) is 5.10 Å². The molecule has 4 rings (SSSR count). The van der Waals surface area contributed by atoms with Crippen LogP contribution in [-0.4, -0.2) is 32.7 Å². The molecule has 2 aliphatic heterocycles. The third-order valence-electron chi connectivity index (χ3n) is 5.14. The fourth-order valence-electron chi connectivity index (χ4n) is 4.03. The first-order valence-corrected chi connectivity index (χ1v) is 8.24. The normalized spacial score (nSPS) is 23.3. The van der Waals surface area contributed by atoms with Crippen LogP contribution in [0.4, 0.5) is 0 Å². The van der Waals surface area contributed by atoms with E-state index in [1.54, 1.807) is 6.20 Å². The number of carbonyl (C=O) groups excluding carboxylic acids is 1. The van der Waals surface area contributed by atoms with Gasteiger partial charge in [0.15, 0.2) is 0 Å². The zero-order valence-corrected chi connectivity index (χ0v) is 13.4. The van der Waals surface area contributed by atoms with Gasteiger partial charge in [0.2, 0.25) is 0 Å². The van der Waals surface area contributed by atoms with Gasteiger partial charge in [-0.05, 0) is 44.7 Å². The summed E-state index contributed by atoms with van der Waals surface area (Å²) in [5, 5.41) is 4.44. The summed E-state index contributed by atoms with van der Waals surface area (Å²) in [6, 6.07) is 10.6. The highest BCUT2D eigenvalue weighted by atomic mass is 16.2. The fraction of sp³-hybridized carbons (Fsp3) is 0.368. The van der Waals surface area contributed by atoms with Crippen molar-refractivity contribution in [2.75, 3.05) is 0 Å². The zero-order chi connectivity index (χ0) is 16.0. The molecule has 2 saturated heterocycles. The molecule has 0 spiro atoms. The predicted octanol–water partition coefficient (Wildman–Crippen LogP) is 3.50. The van der Waals surface area contributed by atoms with E-state index < -0.39 is 0 Å². The van der Waals surface area contributed by atoms with E-state index in [2.05, 4.69) is 16.6 Å². The lowest BCUT2D eigenvalue weighted by molar-refractivity contribution is 0.0634. The Hall–Kier alpha value is -2.36. The van der Waals surface area contributed by atoms with Gasteiger partial charge >= 0.3 is 0 Å². The van der Waals surface area contributed by atoms with Crippen LogP contribution < -0.4 is 0 Å². The number of nitrogens with zero attached hydrogens (tertiary/aromatic N) is 3. The highest BCUT2D eigenvalue weighted by Gasteiger charge is 2.41. The quantitative estimate of drug-likeness (QED) is 0.796. The van der Waals surface area contributed by atoms with Crippen LogP contribution in [0.25, 0.3) is 5.69 Å². The number of carbonyl (C=O) groups is 1.